The second-order valence-corrected chi connectivity index (χ2v) is 9.22. The Morgan fingerprint density at radius 2 is 1.86 bits per heavy atom. The number of benzene rings is 2. The molecule has 36 heavy (non-hydrogen) atoms. The van der Waals surface area contributed by atoms with Crippen molar-refractivity contribution in [2.75, 3.05) is 48.3 Å². The Hall–Kier alpha value is -3.53. The first kappa shape index (κ1) is 24.2. The van der Waals surface area contributed by atoms with Gasteiger partial charge in [-0.05, 0) is 68.3 Å². The molecule has 0 bridgehead atoms. The Morgan fingerprint density at radius 3 is 2.61 bits per heavy atom. The third-order valence-corrected chi connectivity index (χ3v) is 6.75. The van der Waals surface area contributed by atoms with E-state index in [-0.39, 0.29) is 18.6 Å². The Bertz CT molecular complexity index is 1150. The molecule has 1 amide bonds. The number of hydrogen-bond donors (Lipinski definition) is 5. The fourth-order valence-electron chi connectivity index (χ4n) is 4.81. The van der Waals surface area contributed by atoms with Gasteiger partial charge in [0.05, 0.1) is 11.7 Å². The maximum atomic E-state index is 12.3. The van der Waals surface area contributed by atoms with Gasteiger partial charge in [0, 0.05) is 61.1 Å². The van der Waals surface area contributed by atoms with Gasteiger partial charge in [-0.15, -0.1) is 0 Å². The van der Waals surface area contributed by atoms with Crippen LogP contribution in [0.4, 0.5) is 23.0 Å². The zero-order valence-corrected chi connectivity index (χ0v) is 20.3. The van der Waals surface area contributed by atoms with Gasteiger partial charge in [-0.2, -0.15) is 0 Å². The molecule has 9 nitrogen and oxygen atoms in total. The van der Waals surface area contributed by atoms with Crippen LogP contribution in [-0.2, 0) is 4.79 Å². The molecule has 2 aliphatic heterocycles. The van der Waals surface area contributed by atoms with Crippen molar-refractivity contribution in [3.8, 4) is 11.3 Å². The second kappa shape index (κ2) is 11.5. The molecular formula is C27H33N7O2. The summed E-state index contributed by atoms with van der Waals surface area (Å²) in [6.45, 7) is 3.82. The van der Waals surface area contributed by atoms with Gasteiger partial charge in [0.15, 0.2) is 0 Å². The average molecular weight is 488 g/mol. The maximum absolute atomic E-state index is 12.3. The summed E-state index contributed by atoms with van der Waals surface area (Å²) in [4.78, 5) is 23.7. The van der Waals surface area contributed by atoms with Crippen LogP contribution < -0.4 is 26.2 Å². The van der Waals surface area contributed by atoms with Crippen molar-refractivity contribution in [2.45, 2.75) is 31.3 Å². The summed E-state index contributed by atoms with van der Waals surface area (Å²) in [7, 11) is 0. The molecule has 1 aromatic heterocycles. The number of nitrogens with one attached hydrogen (secondary N) is 4. The van der Waals surface area contributed by atoms with E-state index in [9.17, 15) is 9.90 Å². The highest BCUT2D eigenvalue weighted by atomic mass is 16.3. The van der Waals surface area contributed by atoms with Gasteiger partial charge < -0.3 is 31.3 Å². The summed E-state index contributed by atoms with van der Waals surface area (Å²) < 4.78 is 0. The van der Waals surface area contributed by atoms with Crippen LogP contribution in [0.15, 0.2) is 60.8 Å². The largest absolute Gasteiger partial charge is 0.396 e. The van der Waals surface area contributed by atoms with Gasteiger partial charge >= 0.3 is 0 Å². The highest BCUT2D eigenvalue weighted by Gasteiger charge is 2.22. The average Bonchev–Trinajstić information content (AvgIpc) is 3.46. The molecular weight excluding hydrogens is 454 g/mol. The molecule has 2 aromatic carbocycles. The summed E-state index contributed by atoms with van der Waals surface area (Å²) in [6.07, 6.45) is 4.40. The molecule has 188 valence electrons. The van der Waals surface area contributed by atoms with Crippen LogP contribution in [0.25, 0.3) is 11.3 Å². The highest BCUT2D eigenvalue weighted by Crippen LogP contribution is 2.25. The molecule has 0 spiro atoms. The monoisotopic (exact) mass is 487 g/mol. The van der Waals surface area contributed by atoms with E-state index in [0.29, 0.717) is 12.0 Å². The molecule has 3 heterocycles. The van der Waals surface area contributed by atoms with Crippen molar-refractivity contribution in [3.63, 3.8) is 0 Å². The summed E-state index contributed by atoms with van der Waals surface area (Å²) in [6, 6.07) is 18.0. The molecule has 2 atom stereocenters. The number of amides is 1. The number of hydrogen-bond acceptors (Lipinski definition) is 8. The van der Waals surface area contributed by atoms with Crippen LogP contribution in [0.1, 0.15) is 19.3 Å². The molecule has 5 rings (SSSR count). The SMILES string of the molecule is O=C(Nc1ccc(-c2ccnc(Nc3ccc(N4CCNCC4CCO)cc3)n2)cc1)[C@H]1CCCN1. The molecule has 3 aromatic rings. The Morgan fingerprint density at radius 1 is 1.06 bits per heavy atom. The number of nitrogens with zero attached hydrogens (tertiary/aromatic N) is 3. The predicted octanol–water partition coefficient (Wildman–Crippen LogP) is 2.74. The lowest BCUT2D eigenvalue weighted by molar-refractivity contribution is -0.117. The van der Waals surface area contributed by atoms with E-state index in [2.05, 4.69) is 48.3 Å². The zero-order valence-electron chi connectivity index (χ0n) is 20.3. The quantitative estimate of drug-likeness (QED) is 0.330. The second-order valence-electron chi connectivity index (χ2n) is 9.22. The van der Waals surface area contributed by atoms with E-state index in [1.54, 1.807) is 6.20 Å². The Labute approximate surface area is 211 Å². The Kier molecular flexibility index (Phi) is 7.70. The third kappa shape index (κ3) is 5.81. The zero-order chi connectivity index (χ0) is 24.7. The summed E-state index contributed by atoms with van der Waals surface area (Å²) in [5.41, 5.74) is 4.57. The standard InChI is InChI=1S/C27H33N7O2/c35-17-12-23-18-28-15-16-34(23)22-9-7-21(8-10-22)32-27-30-14-11-24(33-27)19-3-5-20(6-4-19)31-26(36)25-2-1-13-29-25/h3-11,14,23,25,28-29,35H,1-2,12-13,15-18H2,(H,31,36)(H,30,32,33)/t23?,25-/m1/s1. The first-order valence-corrected chi connectivity index (χ1v) is 12.6. The molecule has 0 radical (unpaired) electrons. The van der Waals surface area contributed by atoms with Crippen LogP contribution in [0.3, 0.4) is 0 Å². The summed E-state index contributed by atoms with van der Waals surface area (Å²) in [5.74, 6) is 0.533. The van der Waals surface area contributed by atoms with Gasteiger partial charge in [0.2, 0.25) is 11.9 Å². The van der Waals surface area contributed by atoms with Crippen molar-refractivity contribution in [2.24, 2.45) is 0 Å². The lowest BCUT2D eigenvalue weighted by Gasteiger charge is -2.38. The van der Waals surface area contributed by atoms with Crippen LogP contribution in [0.2, 0.25) is 0 Å². The topological polar surface area (TPSA) is 114 Å². The van der Waals surface area contributed by atoms with E-state index in [1.807, 2.05) is 42.5 Å². The van der Waals surface area contributed by atoms with Crippen LogP contribution in [0.5, 0.6) is 0 Å². The number of aliphatic hydroxyl groups excluding tert-OH is 1. The molecule has 5 N–H and O–H groups in total. The van der Waals surface area contributed by atoms with Crippen LogP contribution in [0, 0.1) is 0 Å². The molecule has 9 heteroatoms. The smallest absolute Gasteiger partial charge is 0.241 e. The van der Waals surface area contributed by atoms with Crippen molar-refractivity contribution < 1.29 is 9.90 Å². The minimum absolute atomic E-state index is 0.0145. The number of rotatable bonds is 8. The number of carbonyl (C=O) groups is 1. The summed E-state index contributed by atoms with van der Waals surface area (Å²) in [5, 5.41) is 22.3. The van der Waals surface area contributed by atoms with Crippen molar-refractivity contribution in [3.05, 3.63) is 60.8 Å². The van der Waals surface area contributed by atoms with Gasteiger partial charge in [0.1, 0.15) is 0 Å². The van der Waals surface area contributed by atoms with Crippen molar-refractivity contribution >= 4 is 28.9 Å². The number of piperazine rings is 1. The third-order valence-electron chi connectivity index (χ3n) is 6.75. The first-order valence-electron chi connectivity index (χ1n) is 12.6. The number of aromatic nitrogens is 2. The van der Waals surface area contributed by atoms with Gasteiger partial charge in [-0.25, -0.2) is 9.97 Å². The Balaban J connectivity index is 1.22. The van der Waals surface area contributed by atoms with Crippen molar-refractivity contribution in [1.29, 1.82) is 0 Å². The lowest BCUT2D eigenvalue weighted by atomic mass is 10.1. The highest BCUT2D eigenvalue weighted by molar-refractivity contribution is 5.95. The number of carbonyl (C=O) groups excluding carboxylic acids is 1. The van der Waals surface area contributed by atoms with Gasteiger partial charge in [-0.3, -0.25) is 4.79 Å². The van der Waals surface area contributed by atoms with Gasteiger partial charge in [0.25, 0.3) is 0 Å². The molecule has 1 unspecified atom stereocenters. The lowest BCUT2D eigenvalue weighted by Crippen LogP contribution is -2.51. The predicted molar refractivity (Wildman–Crippen MR) is 143 cm³/mol. The van der Waals surface area contributed by atoms with Gasteiger partial charge in [-0.1, -0.05) is 12.1 Å². The van der Waals surface area contributed by atoms with Crippen LogP contribution >= 0.6 is 0 Å². The summed E-state index contributed by atoms with van der Waals surface area (Å²) >= 11 is 0. The molecule has 2 aliphatic rings. The van der Waals surface area contributed by atoms with E-state index in [1.165, 1.54) is 0 Å². The fourth-order valence-corrected chi connectivity index (χ4v) is 4.81. The fraction of sp³-hybridized carbons (Fsp3) is 0.370. The minimum Gasteiger partial charge on any atom is -0.396 e. The molecule has 0 aliphatic carbocycles. The minimum atomic E-state index is -0.104. The maximum Gasteiger partial charge on any atom is 0.241 e. The molecule has 2 saturated heterocycles. The number of aliphatic hydroxyl groups is 1. The first-order chi connectivity index (χ1) is 17.7. The van der Waals surface area contributed by atoms with E-state index in [4.69, 9.17) is 0 Å². The molecule has 2 fully saturated rings. The van der Waals surface area contributed by atoms with Crippen LogP contribution in [-0.4, -0.2) is 65.9 Å². The van der Waals surface area contributed by atoms with E-state index in [0.717, 1.165) is 73.8 Å². The normalized spacial score (nSPS) is 19.8. The van der Waals surface area contributed by atoms with E-state index >= 15 is 0 Å². The van der Waals surface area contributed by atoms with E-state index < -0.39 is 0 Å². The molecule has 0 saturated carbocycles. The number of anilines is 4. The van der Waals surface area contributed by atoms with Crippen molar-refractivity contribution in [1.82, 2.24) is 20.6 Å².